The summed E-state index contributed by atoms with van der Waals surface area (Å²) in [7, 11) is 1.62. The van der Waals surface area contributed by atoms with E-state index in [-0.39, 0.29) is 16.4 Å². The second-order valence-electron chi connectivity index (χ2n) is 4.62. The maximum Gasteiger partial charge on any atom is 0.161 e. The number of hydrogen-bond acceptors (Lipinski definition) is 3. The third-order valence-electron chi connectivity index (χ3n) is 3.32. The molecule has 0 fully saturated rings. The first-order valence-corrected chi connectivity index (χ1v) is 7.31. The number of rotatable bonds is 7. The summed E-state index contributed by atoms with van der Waals surface area (Å²) >= 11 is 3.19. The Morgan fingerprint density at radius 2 is 2.20 bits per heavy atom. The van der Waals surface area contributed by atoms with Crippen LogP contribution in [0.2, 0.25) is 0 Å². The highest BCUT2D eigenvalue weighted by molar-refractivity contribution is 9.10. The van der Waals surface area contributed by atoms with Gasteiger partial charge < -0.3 is 15.4 Å². The van der Waals surface area contributed by atoms with Crippen LogP contribution in [0.4, 0.5) is 10.1 Å². The number of amidine groups is 1. The van der Waals surface area contributed by atoms with Crippen molar-refractivity contribution in [2.75, 3.05) is 25.2 Å². The Morgan fingerprint density at radius 1 is 1.55 bits per heavy atom. The minimum atomic E-state index is -0.394. The second-order valence-corrected chi connectivity index (χ2v) is 5.41. The molecule has 0 saturated carbocycles. The van der Waals surface area contributed by atoms with E-state index in [4.69, 9.17) is 15.9 Å². The zero-order valence-electron chi connectivity index (χ0n) is 12.0. The van der Waals surface area contributed by atoms with Gasteiger partial charge in [0.2, 0.25) is 0 Å². The predicted molar refractivity (Wildman–Crippen MR) is 84.1 cm³/mol. The Bertz CT molecular complexity index is 482. The van der Waals surface area contributed by atoms with Crippen LogP contribution < -0.4 is 10.6 Å². The summed E-state index contributed by atoms with van der Waals surface area (Å²) in [6.45, 7) is 5.23. The van der Waals surface area contributed by atoms with Gasteiger partial charge in [-0.05, 0) is 41.4 Å². The fraction of sp³-hybridized carbons (Fsp3) is 0.500. The lowest BCUT2D eigenvalue weighted by molar-refractivity contribution is 0.203. The van der Waals surface area contributed by atoms with Crippen molar-refractivity contribution in [2.45, 2.75) is 26.3 Å². The first-order chi connectivity index (χ1) is 9.43. The molecule has 0 saturated heterocycles. The van der Waals surface area contributed by atoms with Crippen molar-refractivity contribution >= 4 is 27.5 Å². The number of benzene rings is 1. The van der Waals surface area contributed by atoms with Gasteiger partial charge in [0.05, 0.1) is 16.8 Å². The molecule has 112 valence electrons. The molecule has 1 aromatic carbocycles. The fourth-order valence-electron chi connectivity index (χ4n) is 1.96. The average Bonchev–Trinajstić information content (AvgIpc) is 2.42. The number of halogens is 2. The van der Waals surface area contributed by atoms with E-state index in [1.807, 2.05) is 11.8 Å². The van der Waals surface area contributed by atoms with Gasteiger partial charge in [0, 0.05) is 25.3 Å². The Balaban J connectivity index is 3.20. The van der Waals surface area contributed by atoms with Gasteiger partial charge in [0.1, 0.15) is 5.84 Å². The molecule has 20 heavy (non-hydrogen) atoms. The molecule has 1 atom stereocenters. The standard InChI is InChI=1S/C14H21BrFN3O/c1-4-9(2)19(7-8-20-3)11-6-5-10(14(17)18)12(15)13(11)16/h5-6,9H,4,7-8H2,1-3H3,(H3,17,18). The van der Waals surface area contributed by atoms with Crippen LogP contribution in [0.15, 0.2) is 16.6 Å². The van der Waals surface area contributed by atoms with E-state index in [1.165, 1.54) is 0 Å². The quantitative estimate of drug-likeness (QED) is 0.589. The summed E-state index contributed by atoms with van der Waals surface area (Å²) in [5.41, 5.74) is 6.29. The van der Waals surface area contributed by atoms with Crippen LogP contribution in [0.25, 0.3) is 0 Å². The van der Waals surface area contributed by atoms with Gasteiger partial charge in [-0.2, -0.15) is 0 Å². The van der Waals surface area contributed by atoms with Crippen LogP contribution in [-0.2, 0) is 4.74 Å². The van der Waals surface area contributed by atoms with E-state index < -0.39 is 5.82 Å². The van der Waals surface area contributed by atoms with Crippen molar-refractivity contribution in [3.63, 3.8) is 0 Å². The lowest BCUT2D eigenvalue weighted by Gasteiger charge is -2.31. The molecule has 0 spiro atoms. The molecule has 0 amide bonds. The van der Waals surface area contributed by atoms with E-state index in [9.17, 15) is 4.39 Å². The van der Waals surface area contributed by atoms with Gasteiger partial charge >= 0.3 is 0 Å². The average molecular weight is 346 g/mol. The highest BCUT2D eigenvalue weighted by atomic mass is 79.9. The summed E-state index contributed by atoms with van der Waals surface area (Å²) < 4.78 is 19.8. The Labute approximate surface area is 127 Å². The lowest BCUT2D eigenvalue weighted by atomic mass is 10.1. The molecule has 6 heteroatoms. The minimum absolute atomic E-state index is 0.158. The van der Waals surface area contributed by atoms with Gasteiger partial charge in [0.15, 0.2) is 5.82 Å². The van der Waals surface area contributed by atoms with Crippen molar-refractivity contribution in [1.29, 1.82) is 5.41 Å². The molecule has 0 heterocycles. The van der Waals surface area contributed by atoms with Crippen molar-refractivity contribution in [3.05, 3.63) is 28.0 Å². The highest BCUT2D eigenvalue weighted by Crippen LogP contribution is 2.30. The fourth-order valence-corrected chi connectivity index (χ4v) is 2.51. The maximum atomic E-state index is 14.5. The first-order valence-electron chi connectivity index (χ1n) is 6.51. The summed E-state index contributed by atoms with van der Waals surface area (Å²) in [6.07, 6.45) is 0.898. The van der Waals surface area contributed by atoms with Crippen LogP contribution in [0.1, 0.15) is 25.8 Å². The van der Waals surface area contributed by atoms with Gasteiger partial charge in [-0.1, -0.05) is 6.92 Å². The van der Waals surface area contributed by atoms with Crippen LogP contribution in [-0.4, -0.2) is 32.1 Å². The largest absolute Gasteiger partial charge is 0.384 e. The molecular formula is C14H21BrFN3O. The van der Waals surface area contributed by atoms with Crippen LogP contribution >= 0.6 is 15.9 Å². The van der Waals surface area contributed by atoms with Crippen molar-refractivity contribution in [1.82, 2.24) is 0 Å². The summed E-state index contributed by atoms with van der Waals surface area (Å²) in [5, 5.41) is 7.43. The van der Waals surface area contributed by atoms with E-state index in [0.29, 0.717) is 24.4 Å². The number of methoxy groups -OCH3 is 1. The van der Waals surface area contributed by atoms with Crippen molar-refractivity contribution in [3.8, 4) is 0 Å². The topological polar surface area (TPSA) is 62.3 Å². The van der Waals surface area contributed by atoms with Gasteiger partial charge in [-0.25, -0.2) is 4.39 Å². The van der Waals surface area contributed by atoms with Gasteiger partial charge in [0.25, 0.3) is 0 Å². The Hall–Kier alpha value is -1.14. The third-order valence-corrected chi connectivity index (χ3v) is 4.10. The SMILES string of the molecule is CCC(C)N(CCOC)c1ccc(C(=N)N)c(Br)c1F. The number of nitrogens with one attached hydrogen (secondary N) is 1. The zero-order valence-corrected chi connectivity index (χ0v) is 13.6. The molecule has 0 bridgehead atoms. The number of anilines is 1. The monoisotopic (exact) mass is 345 g/mol. The molecule has 0 aromatic heterocycles. The van der Waals surface area contributed by atoms with E-state index in [2.05, 4.69) is 22.9 Å². The molecule has 4 nitrogen and oxygen atoms in total. The lowest BCUT2D eigenvalue weighted by Crippen LogP contribution is -2.36. The highest BCUT2D eigenvalue weighted by Gasteiger charge is 2.20. The van der Waals surface area contributed by atoms with Crippen LogP contribution in [0.5, 0.6) is 0 Å². The Kier molecular flexibility index (Phi) is 6.42. The van der Waals surface area contributed by atoms with E-state index in [0.717, 1.165) is 6.42 Å². The minimum Gasteiger partial charge on any atom is -0.384 e. The summed E-state index contributed by atoms with van der Waals surface area (Å²) in [4.78, 5) is 1.97. The zero-order chi connectivity index (χ0) is 15.3. The number of hydrogen-bond donors (Lipinski definition) is 2. The molecular weight excluding hydrogens is 325 g/mol. The second kappa shape index (κ2) is 7.59. The smallest absolute Gasteiger partial charge is 0.161 e. The molecule has 0 aliphatic carbocycles. The number of nitrogens with zero attached hydrogens (tertiary/aromatic N) is 1. The summed E-state index contributed by atoms with van der Waals surface area (Å²) in [6, 6.07) is 3.51. The van der Waals surface area contributed by atoms with Crippen molar-refractivity contribution in [2.24, 2.45) is 5.73 Å². The molecule has 3 N–H and O–H groups in total. The third kappa shape index (κ3) is 3.70. The number of nitrogens with two attached hydrogens (primary N) is 1. The molecule has 1 rings (SSSR count). The predicted octanol–water partition coefficient (Wildman–Crippen LogP) is 3.12. The van der Waals surface area contributed by atoms with Crippen LogP contribution in [0.3, 0.4) is 0 Å². The number of nitrogen functional groups attached to an aromatic ring is 1. The maximum absolute atomic E-state index is 14.5. The van der Waals surface area contributed by atoms with Crippen molar-refractivity contribution < 1.29 is 9.13 Å². The van der Waals surface area contributed by atoms with E-state index >= 15 is 0 Å². The van der Waals surface area contributed by atoms with Crippen LogP contribution in [0, 0.1) is 11.2 Å². The molecule has 1 unspecified atom stereocenters. The normalized spacial score (nSPS) is 12.2. The number of ether oxygens (including phenoxy) is 1. The molecule has 0 radical (unpaired) electrons. The molecule has 1 aromatic rings. The summed E-state index contributed by atoms with van der Waals surface area (Å²) in [5.74, 6) is -0.552. The van der Waals surface area contributed by atoms with Gasteiger partial charge in [-0.15, -0.1) is 0 Å². The molecule has 0 aliphatic rings. The Morgan fingerprint density at radius 3 is 2.70 bits per heavy atom. The van der Waals surface area contributed by atoms with E-state index in [1.54, 1.807) is 19.2 Å². The first kappa shape index (κ1) is 16.9. The molecule has 0 aliphatic heterocycles. The van der Waals surface area contributed by atoms with Gasteiger partial charge in [-0.3, -0.25) is 5.41 Å².